The number of amides is 1. The highest BCUT2D eigenvalue weighted by atomic mass is 16.2. The monoisotopic (exact) mass is 351 g/mol. The molecule has 1 amide bonds. The Labute approximate surface area is 154 Å². The van der Waals surface area contributed by atoms with Gasteiger partial charge in [0, 0.05) is 34.9 Å². The van der Waals surface area contributed by atoms with E-state index in [4.69, 9.17) is 5.73 Å². The van der Waals surface area contributed by atoms with E-state index in [2.05, 4.69) is 24.5 Å². The first kappa shape index (κ1) is 18.1. The lowest BCUT2D eigenvalue weighted by Crippen LogP contribution is -2.44. The zero-order chi connectivity index (χ0) is 18.9. The molecule has 0 spiro atoms. The first-order valence-corrected chi connectivity index (χ1v) is 8.85. The van der Waals surface area contributed by atoms with Gasteiger partial charge in [0.1, 0.15) is 5.92 Å². The predicted octanol–water partition coefficient (Wildman–Crippen LogP) is 3.17. The Morgan fingerprint density at radius 1 is 1.15 bits per heavy atom. The van der Waals surface area contributed by atoms with E-state index in [1.165, 1.54) is 0 Å². The van der Waals surface area contributed by atoms with E-state index in [0.29, 0.717) is 17.8 Å². The van der Waals surface area contributed by atoms with Gasteiger partial charge in [0.15, 0.2) is 5.78 Å². The first-order chi connectivity index (χ1) is 12.3. The molecular weight excluding hydrogens is 326 g/mol. The minimum absolute atomic E-state index is 0.121. The number of carbonyl (C=O) groups is 2. The molecule has 1 heterocycles. The highest BCUT2D eigenvalue weighted by molar-refractivity contribution is 6.17. The summed E-state index contributed by atoms with van der Waals surface area (Å²) in [6.07, 6.45) is 0. The second-order valence-electron chi connectivity index (χ2n) is 7.48. The first-order valence-electron chi connectivity index (χ1n) is 8.85. The third-order valence-corrected chi connectivity index (χ3v) is 5.08. The van der Waals surface area contributed by atoms with Gasteiger partial charge in [-0.3, -0.25) is 9.59 Å². The second kappa shape index (κ2) is 6.92. The summed E-state index contributed by atoms with van der Waals surface area (Å²) in [5, 5.41) is 6.12. The normalized spacial score (nSPS) is 19.5. The molecule has 2 aromatic rings. The largest absolute Gasteiger partial charge is 0.381 e. The van der Waals surface area contributed by atoms with Crippen molar-refractivity contribution < 1.29 is 9.59 Å². The number of hydrogen-bond donors (Lipinski definition) is 3. The van der Waals surface area contributed by atoms with E-state index >= 15 is 0 Å². The molecule has 0 radical (unpaired) electrons. The summed E-state index contributed by atoms with van der Waals surface area (Å²) in [5.41, 5.74) is 8.81. The summed E-state index contributed by atoms with van der Waals surface area (Å²) < 4.78 is 0. The molecule has 0 aliphatic carbocycles. The van der Waals surface area contributed by atoms with E-state index < -0.39 is 5.92 Å². The number of hydrogen-bond acceptors (Lipinski definition) is 4. The molecule has 1 aliphatic heterocycles. The van der Waals surface area contributed by atoms with Gasteiger partial charge in [-0.25, -0.2) is 0 Å². The number of para-hydroxylation sites is 1. The Morgan fingerprint density at radius 3 is 2.46 bits per heavy atom. The summed E-state index contributed by atoms with van der Waals surface area (Å²) in [7, 11) is 0. The molecule has 26 heavy (non-hydrogen) atoms. The highest BCUT2D eigenvalue weighted by Crippen LogP contribution is 2.29. The van der Waals surface area contributed by atoms with Crippen LogP contribution < -0.4 is 16.4 Å². The van der Waals surface area contributed by atoms with Crippen molar-refractivity contribution >= 4 is 23.1 Å². The van der Waals surface area contributed by atoms with Crippen LogP contribution >= 0.6 is 0 Å². The smallest absolute Gasteiger partial charge is 0.237 e. The van der Waals surface area contributed by atoms with Gasteiger partial charge in [-0.15, -0.1) is 0 Å². The lowest BCUT2D eigenvalue weighted by atomic mass is 9.84. The Kier molecular flexibility index (Phi) is 4.83. The molecule has 136 valence electrons. The van der Waals surface area contributed by atoms with E-state index in [0.717, 1.165) is 11.3 Å². The maximum absolute atomic E-state index is 12.8. The van der Waals surface area contributed by atoms with Gasteiger partial charge in [0.2, 0.25) is 5.91 Å². The molecule has 4 N–H and O–H groups in total. The SMILES string of the molecule is CC1Nc2ccccc2C(=O)C1C(=O)Nc1ccc(C(C)(C)CN)cc1. The fourth-order valence-electron chi connectivity index (χ4n) is 3.24. The number of ketones is 1. The van der Waals surface area contributed by atoms with Gasteiger partial charge < -0.3 is 16.4 Å². The molecule has 3 rings (SSSR count). The number of Topliss-reactive ketones (excluding diaryl/α,β-unsaturated/α-hetero) is 1. The van der Waals surface area contributed by atoms with Crippen LogP contribution in [0.4, 0.5) is 11.4 Å². The number of nitrogens with two attached hydrogens (primary N) is 1. The van der Waals surface area contributed by atoms with Crippen molar-refractivity contribution in [3.05, 3.63) is 59.7 Å². The number of rotatable bonds is 4. The molecule has 1 aliphatic rings. The van der Waals surface area contributed by atoms with Crippen LogP contribution in [0.1, 0.15) is 36.7 Å². The van der Waals surface area contributed by atoms with Crippen LogP contribution in [0.15, 0.2) is 48.5 Å². The van der Waals surface area contributed by atoms with Crippen molar-refractivity contribution in [2.45, 2.75) is 32.2 Å². The van der Waals surface area contributed by atoms with Crippen LogP contribution in [0, 0.1) is 5.92 Å². The minimum atomic E-state index is -0.759. The third kappa shape index (κ3) is 3.35. The molecule has 0 fully saturated rings. The number of benzene rings is 2. The van der Waals surface area contributed by atoms with Crippen LogP contribution in [0.5, 0.6) is 0 Å². The summed E-state index contributed by atoms with van der Waals surface area (Å²) in [6.45, 7) is 6.54. The van der Waals surface area contributed by atoms with Gasteiger partial charge >= 0.3 is 0 Å². The lowest BCUT2D eigenvalue weighted by Gasteiger charge is -2.30. The molecule has 2 atom stereocenters. The molecule has 0 saturated carbocycles. The summed E-state index contributed by atoms with van der Waals surface area (Å²) in [4.78, 5) is 25.5. The van der Waals surface area contributed by atoms with Gasteiger partial charge in [-0.05, 0) is 36.8 Å². The van der Waals surface area contributed by atoms with Crippen molar-refractivity contribution in [3.8, 4) is 0 Å². The molecule has 0 bridgehead atoms. The molecule has 5 heteroatoms. The molecule has 5 nitrogen and oxygen atoms in total. The van der Waals surface area contributed by atoms with E-state index in [1.807, 2.05) is 43.3 Å². The van der Waals surface area contributed by atoms with Gasteiger partial charge in [-0.1, -0.05) is 38.1 Å². The molecule has 2 unspecified atom stereocenters. The van der Waals surface area contributed by atoms with Crippen LogP contribution in [0.3, 0.4) is 0 Å². The average molecular weight is 351 g/mol. The van der Waals surface area contributed by atoms with Crippen LogP contribution in [0.25, 0.3) is 0 Å². The fourth-order valence-corrected chi connectivity index (χ4v) is 3.24. The van der Waals surface area contributed by atoms with Gasteiger partial charge in [0.05, 0.1) is 0 Å². The standard InChI is InChI=1S/C21H25N3O2/c1-13-18(19(25)16-6-4-5-7-17(16)23-13)20(26)24-15-10-8-14(9-11-15)21(2,3)12-22/h4-11,13,18,23H,12,22H2,1-3H3,(H,24,26). The number of fused-ring (bicyclic) bond motifs is 1. The maximum atomic E-state index is 12.8. The zero-order valence-electron chi connectivity index (χ0n) is 15.4. The van der Waals surface area contributed by atoms with Crippen molar-refractivity contribution in [2.75, 3.05) is 17.2 Å². The molecular formula is C21H25N3O2. The lowest BCUT2D eigenvalue weighted by molar-refractivity contribution is -0.118. The van der Waals surface area contributed by atoms with Crippen LogP contribution in [-0.4, -0.2) is 24.3 Å². The van der Waals surface area contributed by atoms with Crippen molar-refractivity contribution in [3.63, 3.8) is 0 Å². The van der Waals surface area contributed by atoms with Crippen LogP contribution in [0.2, 0.25) is 0 Å². The number of carbonyl (C=O) groups excluding carboxylic acids is 2. The van der Waals surface area contributed by atoms with Crippen molar-refractivity contribution in [2.24, 2.45) is 11.7 Å². The second-order valence-corrected chi connectivity index (χ2v) is 7.48. The summed E-state index contributed by atoms with van der Waals surface area (Å²) in [5.74, 6) is -1.20. The quantitative estimate of drug-likeness (QED) is 0.739. The number of nitrogens with one attached hydrogen (secondary N) is 2. The Hall–Kier alpha value is -2.66. The number of anilines is 2. The molecule has 0 saturated heterocycles. The van der Waals surface area contributed by atoms with Crippen LogP contribution in [-0.2, 0) is 10.2 Å². The van der Waals surface area contributed by atoms with E-state index in [-0.39, 0.29) is 23.1 Å². The molecule has 0 aromatic heterocycles. The minimum Gasteiger partial charge on any atom is -0.381 e. The highest BCUT2D eigenvalue weighted by Gasteiger charge is 2.37. The Bertz CT molecular complexity index is 827. The Morgan fingerprint density at radius 2 is 1.81 bits per heavy atom. The topological polar surface area (TPSA) is 84.2 Å². The Balaban J connectivity index is 1.77. The van der Waals surface area contributed by atoms with E-state index in [1.54, 1.807) is 12.1 Å². The zero-order valence-corrected chi connectivity index (χ0v) is 15.4. The van der Waals surface area contributed by atoms with Crippen molar-refractivity contribution in [1.82, 2.24) is 0 Å². The fraction of sp³-hybridized carbons (Fsp3) is 0.333. The summed E-state index contributed by atoms with van der Waals surface area (Å²) in [6, 6.07) is 14.6. The predicted molar refractivity (Wildman–Crippen MR) is 104 cm³/mol. The summed E-state index contributed by atoms with van der Waals surface area (Å²) >= 11 is 0. The van der Waals surface area contributed by atoms with Gasteiger partial charge in [0.25, 0.3) is 0 Å². The third-order valence-electron chi connectivity index (χ3n) is 5.08. The maximum Gasteiger partial charge on any atom is 0.237 e. The van der Waals surface area contributed by atoms with Crippen molar-refractivity contribution in [1.29, 1.82) is 0 Å². The average Bonchev–Trinajstić information content (AvgIpc) is 2.62. The van der Waals surface area contributed by atoms with Gasteiger partial charge in [-0.2, -0.15) is 0 Å². The van der Waals surface area contributed by atoms with E-state index in [9.17, 15) is 9.59 Å². The molecule has 2 aromatic carbocycles.